The van der Waals surface area contributed by atoms with Gasteiger partial charge in [0.2, 0.25) is 11.1 Å². The molecule has 29 heavy (non-hydrogen) atoms. The van der Waals surface area contributed by atoms with E-state index >= 15 is 0 Å². The van der Waals surface area contributed by atoms with Gasteiger partial charge in [-0.1, -0.05) is 56.7 Å². The number of aromatic nitrogens is 4. The van der Waals surface area contributed by atoms with E-state index in [1.165, 1.54) is 24.6 Å². The van der Waals surface area contributed by atoms with Crippen LogP contribution in [0.1, 0.15) is 47.0 Å². The number of thioether (sulfide) groups is 1. The van der Waals surface area contributed by atoms with E-state index in [1.54, 1.807) is 0 Å². The van der Waals surface area contributed by atoms with Gasteiger partial charge in [-0.15, -0.1) is 10.2 Å². The van der Waals surface area contributed by atoms with Crippen LogP contribution in [-0.4, -0.2) is 36.9 Å². The van der Waals surface area contributed by atoms with Crippen molar-refractivity contribution in [3.8, 4) is 0 Å². The molecule has 0 unspecified atom stereocenters. The van der Waals surface area contributed by atoms with E-state index in [2.05, 4.69) is 53.0 Å². The maximum absolute atomic E-state index is 12.8. The van der Waals surface area contributed by atoms with Gasteiger partial charge in [0, 0.05) is 18.0 Å². The van der Waals surface area contributed by atoms with Gasteiger partial charge in [-0.05, 0) is 38.2 Å². The number of aryl methyl sites for hydroxylation is 1. The molecule has 0 radical (unpaired) electrons. The van der Waals surface area contributed by atoms with Gasteiger partial charge in [0.05, 0.1) is 10.8 Å². The van der Waals surface area contributed by atoms with Crippen molar-refractivity contribution in [1.29, 1.82) is 0 Å². The summed E-state index contributed by atoms with van der Waals surface area (Å²) >= 11 is 1.38. The molecule has 2 aromatic heterocycles. The Kier molecular flexibility index (Phi) is 5.76. The molecule has 1 amide bonds. The fourth-order valence-electron chi connectivity index (χ4n) is 4.36. The Morgan fingerprint density at radius 2 is 2.07 bits per heavy atom. The molecule has 7 heteroatoms. The smallest absolute Gasteiger partial charge is 0.233 e. The van der Waals surface area contributed by atoms with Crippen LogP contribution >= 0.6 is 11.8 Å². The molecule has 0 spiro atoms. The van der Waals surface area contributed by atoms with E-state index in [9.17, 15) is 4.79 Å². The predicted molar refractivity (Wildman–Crippen MR) is 118 cm³/mol. The molecule has 1 aliphatic carbocycles. The lowest BCUT2D eigenvalue weighted by Crippen LogP contribution is -2.46. The van der Waals surface area contributed by atoms with E-state index in [-0.39, 0.29) is 17.2 Å². The van der Waals surface area contributed by atoms with E-state index < -0.39 is 0 Å². The molecule has 0 bridgehead atoms. The number of nitrogens with zero attached hydrogens (tertiary/aromatic N) is 4. The number of benzene rings is 1. The monoisotopic (exact) mass is 411 g/mol. The fraction of sp³-hybridized carbons (Fsp3) is 0.545. The Hall–Kier alpha value is -2.15. The second-order valence-corrected chi connectivity index (χ2v) is 9.48. The highest BCUT2D eigenvalue weighted by Gasteiger charge is 2.29. The Morgan fingerprint density at radius 1 is 1.28 bits per heavy atom. The lowest BCUT2D eigenvalue weighted by Gasteiger charge is -2.35. The topological polar surface area (TPSA) is 72.7 Å². The van der Waals surface area contributed by atoms with Gasteiger partial charge in [0.15, 0.2) is 5.65 Å². The van der Waals surface area contributed by atoms with Crippen LogP contribution < -0.4 is 5.32 Å². The lowest BCUT2D eigenvalue weighted by molar-refractivity contribution is -0.121. The van der Waals surface area contributed by atoms with Gasteiger partial charge in [0.1, 0.15) is 5.52 Å². The molecular formula is C22H29N5OS. The summed E-state index contributed by atoms with van der Waals surface area (Å²) < 4.78 is 2.15. The zero-order valence-electron chi connectivity index (χ0n) is 17.6. The third-order valence-electron chi connectivity index (χ3n) is 6.36. The Labute approximate surface area is 175 Å². The Morgan fingerprint density at radius 3 is 2.86 bits per heavy atom. The summed E-state index contributed by atoms with van der Waals surface area (Å²) in [5.41, 5.74) is 2.75. The molecule has 1 aliphatic rings. The largest absolute Gasteiger partial charge is 0.352 e. The molecule has 2 heterocycles. The van der Waals surface area contributed by atoms with Gasteiger partial charge in [-0.3, -0.25) is 4.79 Å². The highest BCUT2D eigenvalue weighted by molar-refractivity contribution is 8.00. The molecule has 154 valence electrons. The van der Waals surface area contributed by atoms with Gasteiger partial charge in [-0.25, -0.2) is 4.98 Å². The van der Waals surface area contributed by atoms with Gasteiger partial charge >= 0.3 is 0 Å². The van der Waals surface area contributed by atoms with Crippen molar-refractivity contribution >= 4 is 39.7 Å². The molecule has 0 aliphatic heterocycles. The van der Waals surface area contributed by atoms with Gasteiger partial charge in [-0.2, -0.15) is 0 Å². The predicted octanol–water partition coefficient (Wildman–Crippen LogP) is 4.42. The number of carbonyl (C=O) groups excluding carboxylic acids is 1. The third kappa shape index (κ3) is 3.84. The molecular weight excluding hydrogens is 382 g/mol. The zero-order valence-corrected chi connectivity index (χ0v) is 18.4. The maximum atomic E-state index is 12.8. The first-order chi connectivity index (χ1) is 14.0. The number of carbonyl (C=O) groups is 1. The summed E-state index contributed by atoms with van der Waals surface area (Å²) in [5, 5.41) is 13.4. The number of para-hydroxylation sites is 1. The van der Waals surface area contributed by atoms with Crippen LogP contribution in [0.5, 0.6) is 0 Å². The summed E-state index contributed by atoms with van der Waals surface area (Å²) in [5.74, 6) is 1.23. The van der Waals surface area contributed by atoms with Crippen LogP contribution in [0, 0.1) is 11.8 Å². The van der Waals surface area contributed by atoms with Crippen LogP contribution in [0.15, 0.2) is 29.4 Å². The molecule has 3 aromatic rings. The summed E-state index contributed by atoms with van der Waals surface area (Å²) in [4.78, 5) is 17.5. The lowest BCUT2D eigenvalue weighted by atomic mass is 9.78. The summed E-state index contributed by atoms with van der Waals surface area (Å²) in [6.45, 7) is 9.35. The van der Waals surface area contributed by atoms with Crippen LogP contribution in [0.4, 0.5) is 0 Å². The number of rotatable bonds is 5. The first-order valence-electron chi connectivity index (χ1n) is 10.6. The SMILES string of the molecule is CCn1c2ccccc2c2nnc(S[C@@H](C)C(=O)N[C@H]3CCC[C@H](C)[C@@H]3C)nc21. The normalized spacial score (nSPS) is 23.4. The van der Waals surface area contributed by atoms with Crippen molar-refractivity contribution in [1.82, 2.24) is 25.1 Å². The molecule has 1 aromatic carbocycles. The van der Waals surface area contributed by atoms with Crippen molar-refractivity contribution in [2.45, 2.75) is 70.0 Å². The van der Waals surface area contributed by atoms with Crippen molar-refractivity contribution in [3.63, 3.8) is 0 Å². The van der Waals surface area contributed by atoms with Crippen molar-refractivity contribution in [2.75, 3.05) is 0 Å². The van der Waals surface area contributed by atoms with Crippen LogP contribution in [0.2, 0.25) is 0 Å². The first-order valence-corrected chi connectivity index (χ1v) is 11.5. The quantitative estimate of drug-likeness (QED) is 0.629. The van der Waals surface area contributed by atoms with E-state index in [4.69, 9.17) is 4.98 Å². The Balaban J connectivity index is 1.52. The minimum absolute atomic E-state index is 0.0562. The molecule has 4 atom stereocenters. The van der Waals surface area contributed by atoms with Crippen molar-refractivity contribution in [3.05, 3.63) is 24.3 Å². The first kappa shape index (κ1) is 20.1. The molecule has 1 saturated carbocycles. The minimum Gasteiger partial charge on any atom is -0.352 e. The number of nitrogens with one attached hydrogen (secondary N) is 1. The fourth-order valence-corrected chi connectivity index (χ4v) is 5.08. The molecule has 1 fully saturated rings. The molecule has 1 N–H and O–H groups in total. The highest BCUT2D eigenvalue weighted by Crippen LogP contribution is 2.31. The number of fused-ring (bicyclic) bond motifs is 3. The summed E-state index contributed by atoms with van der Waals surface area (Å²) in [7, 11) is 0. The summed E-state index contributed by atoms with van der Waals surface area (Å²) in [6, 6.07) is 8.42. The molecule has 6 nitrogen and oxygen atoms in total. The average Bonchev–Trinajstić information content (AvgIpc) is 3.04. The number of hydrogen-bond donors (Lipinski definition) is 1. The van der Waals surface area contributed by atoms with Crippen LogP contribution in [-0.2, 0) is 11.3 Å². The zero-order chi connectivity index (χ0) is 20.5. The van der Waals surface area contributed by atoms with Gasteiger partial charge in [0.25, 0.3) is 0 Å². The van der Waals surface area contributed by atoms with Crippen molar-refractivity contribution in [2.24, 2.45) is 11.8 Å². The van der Waals surface area contributed by atoms with Crippen LogP contribution in [0.25, 0.3) is 22.1 Å². The third-order valence-corrected chi connectivity index (χ3v) is 7.31. The van der Waals surface area contributed by atoms with E-state index in [0.717, 1.165) is 35.0 Å². The molecule has 4 rings (SSSR count). The second-order valence-electron chi connectivity index (χ2n) is 8.17. The number of amides is 1. The second kappa shape index (κ2) is 8.30. The van der Waals surface area contributed by atoms with Gasteiger partial charge < -0.3 is 9.88 Å². The average molecular weight is 412 g/mol. The Bertz CT molecular complexity index is 1030. The summed E-state index contributed by atoms with van der Waals surface area (Å²) in [6.07, 6.45) is 3.50. The van der Waals surface area contributed by atoms with E-state index in [1.807, 2.05) is 19.1 Å². The van der Waals surface area contributed by atoms with Crippen LogP contribution in [0.3, 0.4) is 0 Å². The number of hydrogen-bond acceptors (Lipinski definition) is 5. The maximum Gasteiger partial charge on any atom is 0.233 e. The standard InChI is InChI=1S/C22H29N5OS/c1-5-27-18-12-7-6-10-16(18)19-20(27)24-22(26-25-19)29-15(4)21(28)23-17-11-8-9-13(2)14(17)3/h6-7,10,12-15,17H,5,8-9,11H2,1-4H3,(H,23,28)/t13-,14-,15-,17-/m0/s1. The van der Waals surface area contributed by atoms with E-state index in [0.29, 0.717) is 17.0 Å². The molecule has 0 saturated heterocycles. The highest BCUT2D eigenvalue weighted by atomic mass is 32.2. The van der Waals surface area contributed by atoms with Crippen molar-refractivity contribution < 1.29 is 4.79 Å². The minimum atomic E-state index is -0.266.